The minimum atomic E-state index is -0.277. The van der Waals surface area contributed by atoms with Gasteiger partial charge >= 0.3 is 0 Å². The largest absolute Gasteiger partial charge is 0.378 e. The van der Waals surface area contributed by atoms with Crippen LogP contribution < -0.4 is 15.5 Å². The molecule has 0 bridgehead atoms. The topological polar surface area (TPSA) is 79.4 Å². The van der Waals surface area contributed by atoms with Crippen LogP contribution in [0.5, 0.6) is 0 Å². The summed E-state index contributed by atoms with van der Waals surface area (Å²) in [6, 6.07) is 17.2. The van der Waals surface area contributed by atoms with E-state index in [0.717, 1.165) is 35.7 Å². The highest BCUT2D eigenvalue weighted by molar-refractivity contribution is 6.04. The first-order chi connectivity index (χ1) is 14.2. The van der Waals surface area contributed by atoms with Gasteiger partial charge in [-0.1, -0.05) is 30.3 Å². The number of hydrogen-bond acceptors (Lipinski definition) is 6. The summed E-state index contributed by atoms with van der Waals surface area (Å²) in [6.45, 7) is 4.96. The third-order valence-electron chi connectivity index (χ3n) is 4.78. The number of nitrogens with one attached hydrogen (secondary N) is 2. The van der Waals surface area contributed by atoms with Crippen molar-refractivity contribution in [2.45, 2.75) is 6.92 Å². The third kappa shape index (κ3) is 4.52. The summed E-state index contributed by atoms with van der Waals surface area (Å²) < 4.78 is 5.43. The van der Waals surface area contributed by atoms with E-state index < -0.39 is 0 Å². The second-order valence-electron chi connectivity index (χ2n) is 6.78. The smallest absolute Gasteiger partial charge is 0.274 e. The maximum atomic E-state index is 12.8. The summed E-state index contributed by atoms with van der Waals surface area (Å²) >= 11 is 0. The molecular formula is C22H23N5O2. The molecule has 0 radical (unpaired) electrons. The number of amides is 1. The zero-order chi connectivity index (χ0) is 20.1. The van der Waals surface area contributed by atoms with Crippen molar-refractivity contribution in [3.05, 3.63) is 72.1 Å². The van der Waals surface area contributed by atoms with Crippen LogP contribution in [0.15, 0.2) is 60.8 Å². The first kappa shape index (κ1) is 18.9. The number of morpholine rings is 1. The van der Waals surface area contributed by atoms with Crippen LogP contribution in [0.1, 0.15) is 16.1 Å². The van der Waals surface area contributed by atoms with E-state index >= 15 is 0 Å². The summed E-state index contributed by atoms with van der Waals surface area (Å²) in [7, 11) is 0. The molecule has 1 fully saturated rings. The van der Waals surface area contributed by atoms with Gasteiger partial charge in [-0.3, -0.25) is 4.79 Å². The van der Waals surface area contributed by atoms with Crippen molar-refractivity contribution in [2.24, 2.45) is 0 Å². The van der Waals surface area contributed by atoms with Gasteiger partial charge in [0, 0.05) is 25.0 Å². The highest BCUT2D eigenvalue weighted by Crippen LogP contribution is 2.27. The molecule has 0 unspecified atom stereocenters. The molecule has 2 heterocycles. The predicted molar refractivity (Wildman–Crippen MR) is 114 cm³/mol. The van der Waals surface area contributed by atoms with Crippen LogP contribution in [0.25, 0.3) is 0 Å². The van der Waals surface area contributed by atoms with Gasteiger partial charge in [0.2, 0.25) is 5.95 Å². The number of benzene rings is 2. The van der Waals surface area contributed by atoms with E-state index in [9.17, 15) is 4.79 Å². The van der Waals surface area contributed by atoms with E-state index in [-0.39, 0.29) is 5.91 Å². The van der Waals surface area contributed by atoms with Gasteiger partial charge in [0.05, 0.1) is 24.6 Å². The third-order valence-corrected chi connectivity index (χ3v) is 4.78. The number of carbonyl (C=O) groups is 1. The maximum absolute atomic E-state index is 12.8. The summed E-state index contributed by atoms with van der Waals surface area (Å²) in [5.41, 5.74) is 4.02. The molecule has 3 aromatic rings. The first-order valence-corrected chi connectivity index (χ1v) is 9.59. The molecular weight excluding hydrogens is 366 g/mol. The fourth-order valence-electron chi connectivity index (χ4n) is 3.22. The molecule has 0 saturated carbocycles. The van der Waals surface area contributed by atoms with Crippen molar-refractivity contribution < 1.29 is 9.53 Å². The van der Waals surface area contributed by atoms with Crippen molar-refractivity contribution in [1.82, 2.24) is 9.97 Å². The Labute approximate surface area is 169 Å². The highest BCUT2D eigenvalue weighted by Gasteiger charge is 2.17. The van der Waals surface area contributed by atoms with E-state index in [1.807, 2.05) is 55.5 Å². The van der Waals surface area contributed by atoms with Gasteiger partial charge in [0.1, 0.15) is 5.69 Å². The molecule has 7 nitrogen and oxygen atoms in total. The van der Waals surface area contributed by atoms with Crippen LogP contribution in [0.2, 0.25) is 0 Å². The molecule has 4 rings (SSSR count). The molecule has 0 atom stereocenters. The second kappa shape index (κ2) is 8.70. The molecule has 2 aromatic carbocycles. The van der Waals surface area contributed by atoms with Crippen LogP contribution in [0.3, 0.4) is 0 Å². The molecule has 29 heavy (non-hydrogen) atoms. The van der Waals surface area contributed by atoms with Gasteiger partial charge in [-0.15, -0.1) is 0 Å². The number of anilines is 4. The molecule has 0 aliphatic carbocycles. The number of ether oxygens (including phenoxy) is 1. The standard InChI is InChI=1S/C22H23N5O2/c1-16-6-2-3-7-17(16)25-22-23-11-10-19(26-22)21(28)24-18-8-4-5-9-20(18)27-12-14-29-15-13-27/h2-11H,12-15H2,1H3,(H,24,28)(H,23,25,26). The van der Waals surface area contributed by atoms with Gasteiger partial charge in [-0.2, -0.15) is 0 Å². The number of nitrogens with zero attached hydrogens (tertiary/aromatic N) is 3. The molecule has 7 heteroatoms. The van der Waals surface area contributed by atoms with Gasteiger partial charge in [-0.05, 0) is 36.8 Å². The van der Waals surface area contributed by atoms with E-state index in [1.54, 1.807) is 12.3 Å². The molecule has 2 N–H and O–H groups in total. The average Bonchev–Trinajstić information content (AvgIpc) is 2.76. The van der Waals surface area contributed by atoms with Crippen LogP contribution >= 0.6 is 0 Å². The predicted octanol–water partition coefficient (Wildman–Crippen LogP) is 3.62. The lowest BCUT2D eigenvalue weighted by Crippen LogP contribution is -2.36. The quantitative estimate of drug-likeness (QED) is 0.694. The Morgan fingerprint density at radius 3 is 2.52 bits per heavy atom. The van der Waals surface area contributed by atoms with Crippen LogP contribution in [-0.4, -0.2) is 42.2 Å². The summed E-state index contributed by atoms with van der Waals surface area (Å²) in [5, 5.41) is 6.16. The van der Waals surface area contributed by atoms with E-state index in [0.29, 0.717) is 24.9 Å². The zero-order valence-corrected chi connectivity index (χ0v) is 16.3. The Morgan fingerprint density at radius 2 is 1.72 bits per heavy atom. The molecule has 0 spiro atoms. The Morgan fingerprint density at radius 1 is 1.00 bits per heavy atom. The summed E-state index contributed by atoms with van der Waals surface area (Å²) in [6.07, 6.45) is 1.58. The Bertz CT molecular complexity index is 1000. The SMILES string of the molecule is Cc1ccccc1Nc1nccc(C(=O)Nc2ccccc2N2CCOCC2)n1. The minimum absolute atomic E-state index is 0.277. The minimum Gasteiger partial charge on any atom is -0.378 e. The highest BCUT2D eigenvalue weighted by atomic mass is 16.5. The molecule has 1 aliphatic heterocycles. The summed E-state index contributed by atoms with van der Waals surface area (Å²) in [4.78, 5) is 23.7. The monoisotopic (exact) mass is 389 g/mol. The number of rotatable bonds is 5. The fraction of sp³-hybridized carbons (Fsp3) is 0.227. The Balaban J connectivity index is 1.52. The van der Waals surface area contributed by atoms with E-state index in [4.69, 9.17) is 4.74 Å². The Kier molecular flexibility index (Phi) is 5.67. The number of para-hydroxylation sites is 3. The van der Waals surface area contributed by atoms with Crippen LogP contribution in [0.4, 0.5) is 23.0 Å². The molecule has 1 aromatic heterocycles. The van der Waals surface area contributed by atoms with Gasteiger partial charge in [0.25, 0.3) is 5.91 Å². The number of hydrogen-bond donors (Lipinski definition) is 2. The molecule has 1 amide bonds. The lowest BCUT2D eigenvalue weighted by atomic mass is 10.2. The van der Waals surface area contributed by atoms with Crippen molar-refractivity contribution >= 4 is 28.9 Å². The van der Waals surface area contributed by atoms with E-state index in [2.05, 4.69) is 25.5 Å². The lowest BCUT2D eigenvalue weighted by molar-refractivity contribution is 0.102. The number of aryl methyl sites for hydroxylation is 1. The molecule has 148 valence electrons. The number of carbonyl (C=O) groups excluding carboxylic acids is 1. The van der Waals surface area contributed by atoms with E-state index in [1.165, 1.54) is 0 Å². The molecule has 1 saturated heterocycles. The van der Waals surface area contributed by atoms with Gasteiger partial charge in [-0.25, -0.2) is 9.97 Å². The lowest BCUT2D eigenvalue weighted by Gasteiger charge is -2.30. The van der Waals surface area contributed by atoms with Crippen LogP contribution in [-0.2, 0) is 4.74 Å². The van der Waals surface area contributed by atoms with Gasteiger partial charge < -0.3 is 20.3 Å². The van der Waals surface area contributed by atoms with Crippen LogP contribution in [0, 0.1) is 6.92 Å². The van der Waals surface area contributed by atoms with Crippen molar-refractivity contribution in [1.29, 1.82) is 0 Å². The second-order valence-corrected chi connectivity index (χ2v) is 6.78. The van der Waals surface area contributed by atoms with Crippen molar-refractivity contribution in [2.75, 3.05) is 41.8 Å². The zero-order valence-electron chi connectivity index (χ0n) is 16.3. The summed E-state index contributed by atoms with van der Waals surface area (Å²) in [5.74, 6) is 0.106. The fourth-order valence-corrected chi connectivity index (χ4v) is 3.22. The average molecular weight is 389 g/mol. The first-order valence-electron chi connectivity index (χ1n) is 9.59. The van der Waals surface area contributed by atoms with Crippen molar-refractivity contribution in [3.63, 3.8) is 0 Å². The number of aromatic nitrogens is 2. The maximum Gasteiger partial charge on any atom is 0.274 e. The molecule has 1 aliphatic rings. The van der Waals surface area contributed by atoms with Gasteiger partial charge in [0.15, 0.2) is 0 Å². The van der Waals surface area contributed by atoms with Crippen molar-refractivity contribution in [3.8, 4) is 0 Å². The Hall–Kier alpha value is -3.45. The normalized spacial score (nSPS) is 13.8.